The SMILES string of the molecule is CC(C)(C)OC(=O)N1[C@@H]2CC[C@@H](C2)[C@H]1C(=O)C[C@@H](Cc1ccc(C2=CC3COCCN3CC2)cc1F)C(N)=O. The molecule has 1 aromatic carbocycles. The van der Waals surface area contributed by atoms with Crippen LogP contribution in [0.25, 0.3) is 5.57 Å². The van der Waals surface area contributed by atoms with E-state index in [-0.39, 0.29) is 36.6 Å². The van der Waals surface area contributed by atoms with E-state index in [0.717, 1.165) is 56.5 Å². The summed E-state index contributed by atoms with van der Waals surface area (Å²) in [7, 11) is 0. The first-order chi connectivity index (χ1) is 18.5. The van der Waals surface area contributed by atoms with Gasteiger partial charge in [-0.05, 0) is 81.6 Å². The van der Waals surface area contributed by atoms with Crippen LogP contribution in [0.3, 0.4) is 0 Å². The molecule has 4 aliphatic rings. The Balaban J connectivity index is 1.28. The number of amides is 2. The van der Waals surface area contributed by atoms with Crippen LogP contribution in [0, 0.1) is 17.7 Å². The minimum atomic E-state index is -0.862. The highest BCUT2D eigenvalue weighted by Gasteiger charge is 2.52. The average Bonchev–Trinajstić information content (AvgIpc) is 3.50. The number of fused-ring (bicyclic) bond motifs is 3. The molecule has 2 bridgehead atoms. The Kier molecular flexibility index (Phi) is 7.84. The Morgan fingerprint density at radius 3 is 2.72 bits per heavy atom. The number of ether oxygens (including phenoxy) is 2. The molecule has 3 fully saturated rings. The van der Waals surface area contributed by atoms with Gasteiger partial charge in [-0.25, -0.2) is 9.18 Å². The van der Waals surface area contributed by atoms with Gasteiger partial charge >= 0.3 is 6.09 Å². The van der Waals surface area contributed by atoms with E-state index in [1.807, 2.05) is 6.07 Å². The van der Waals surface area contributed by atoms with Gasteiger partial charge < -0.3 is 15.2 Å². The van der Waals surface area contributed by atoms with Crippen LogP contribution < -0.4 is 5.73 Å². The Labute approximate surface area is 229 Å². The lowest BCUT2D eigenvalue weighted by molar-refractivity contribution is -0.131. The summed E-state index contributed by atoms with van der Waals surface area (Å²) in [5, 5.41) is 0. The van der Waals surface area contributed by atoms with Crippen LogP contribution in [0.5, 0.6) is 0 Å². The van der Waals surface area contributed by atoms with E-state index in [0.29, 0.717) is 12.2 Å². The molecule has 1 saturated carbocycles. The minimum Gasteiger partial charge on any atom is -0.444 e. The van der Waals surface area contributed by atoms with Gasteiger partial charge in [0.05, 0.1) is 25.3 Å². The van der Waals surface area contributed by atoms with Crippen molar-refractivity contribution >= 4 is 23.4 Å². The number of nitrogens with zero attached hydrogens (tertiary/aromatic N) is 2. The molecule has 0 aromatic heterocycles. The van der Waals surface area contributed by atoms with Gasteiger partial charge in [0.15, 0.2) is 5.78 Å². The summed E-state index contributed by atoms with van der Waals surface area (Å²) in [6.07, 6.45) is 4.86. The highest BCUT2D eigenvalue weighted by atomic mass is 19.1. The highest BCUT2D eigenvalue weighted by Crippen LogP contribution is 2.44. The number of piperidine rings is 1. The normalized spacial score (nSPS) is 27.6. The van der Waals surface area contributed by atoms with E-state index in [4.69, 9.17) is 15.2 Å². The van der Waals surface area contributed by atoms with Gasteiger partial charge in [-0.2, -0.15) is 0 Å². The quantitative estimate of drug-likeness (QED) is 0.565. The zero-order valence-corrected chi connectivity index (χ0v) is 23.2. The molecular formula is C30H40FN3O5. The van der Waals surface area contributed by atoms with Crippen molar-refractivity contribution in [1.82, 2.24) is 9.80 Å². The Hall–Kier alpha value is -2.78. The van der Waals surface area contributed by atoms with Gasteiger partial charge in [-0.1, -0.05) is 18.2 Å². The Morgan fingerprint density at radius 2 is 2.00 bits per heavy atom. The molecule has 2 amide bonds. The summed E-state index contributed by atoms with van der Waals surface area (Å²) < 4.78 is 26.5. The van der Waals surface area contributed by atoms with Crippen LogP contribution in [-0.2, 0) is 25.5 Å². The smallest absolute Gasteiger partial charge is 0.411 e. The number of nitrogens with two attached hydrogens (primary N) is 1. The molecule has 2 N–H and O–H groups in total. The lowest BCUT2D eigenvalue weighted by atomic mass is 9.86. The van der Waals surface area contributed by atoms with Gasteiger partial charge in [-0.15, -0.1) is 0 Å². The summed E-state index contributed by atoms with van der Waals surface area (Å²) >= 11 is 0. The van der Waals surface area contributed by atoms with Gasteiger partial charge in [0, 0.05) is 31.5 Å². The van der Waals surface area contributed by atoms with Crippen molar-refractivity contribution in [2.45, 2.75) is 83.0 Å². The number of halogens is 1. The second-order valence-corrected chi connectivity index (χ2v) is 12.5. The van der Waals surface area contributed by atoms with E-state index in [1.54, 1.807) is 31.7 Å². The van der Waals surface area contributed by atoms with Crippen molar-refractivity contribution in [2.75, 3.05) is 26.3 Å². The third-order valence-corrected chi connectivity index (χ3v) is 8.60. The molecule has 2 saturated heterocycles. The molecule has 8 nitrogen and oxygen atoms in total. The Bertz CT molecular complexity index is 1160. The molecular weight excluding hydrogens is 501 g/mol. The highest BCUT2D eigenvalue weighted by molar-refractivity contribution is 5.92. The molecule has 39 heavy (non-hydrogen) atoms. The summed E-state index contributed by atoms with van der Waals surface area (Å²) in [6.45, 7) is 8.60. The molecule has 212 valence electrons. The second kappa shape index (κ2) is 11.0. The number of morpholine rings is 1. The van der Waals surface area contributed by atoms with E-state index in [2.05, 4.69) is 11.0 Å². The van der Waals surface area contributed by atoms with Gasteiger partial charge in [0.1, 0.15) is 11.4 Å². The zero-order chi connectivity index (χ0) is 27.9. The van der Waals surface area contributed by atoms with E-state index >= 15 is 4.39 Å². The molecule has 9 heteroatoms. The molecule has 0 spiro atoms. The summed E-state index contributed by atoms with van der Waals surface area (Å²) in [6, 6.07) is 4.64. The zero-order valence-electron chi connectivity index (χ0n) is 23.2. The largest absolute Gasteiger partial charge is 0.444 e. The van der Waals surface area contributed by atoms with Crippen molar-refractivity contribution in [3.05, 3.63) is 41.2 Å². The number of rotatable bonds is 7. The molecule has 0 radical (unpaired) electrons. The number of ketones is 1. The van der Waals surface area contributed by atoms with Crippen molar-refractivity contribution in [1.29, 1.82) is 0 Å². The first-order valence-corrected chi connectivity index (χ1v) is 14.1. The Morgan fingerprint density at radius 1 is 1.21 bits per heavy atom. The van der Waals surface area contributed by atoms with Crippen LogP contribution in [0.4, 0.5) is 9.18 Å². The van der Waals surface area contributed by atoms with Crippen LogP contribution >= 0.6 is 0 Å². The van der Waals surface area contributed by atoms with E-state index in [9.17, 15) is 14.4 Å². The number of Topliss-reactive ketones (excluding diaryl/α,β-unsaturated/α-hetero) is 1. The first kappa shape index (κ1) is 27.8. The van der Waals surface area contributed by atoms with Crippen LogP contribution in [0.1, 0.15) is 64.0 Å². The molecule has 1 aromatic rings. The second-order valence-electron chi connectivity index (χ2n) is 12.5. The fourth-order valence-corrected chi connectivity index (χ4v) is 6.70. The molecule has 5 rings (SSSR count). The lowest BCUT2D eigenvalue weighted by Crippen LogP contribution is -2.51. The van der Waals surface area contributed by atoms with Gasteiger partial charge in [0.25, 0.3) is 0 Å². The van der Waals surface area contributed by atoms with Gasteiger partial charge in [-0.3, -0.25) is 19.4 Å². The van der Waals surface area contributed by atoms with E-state index in [1.165, 1.54) is 6.07 Å². The monoisotopic (exact) mass is 541 g/mol. The first-order valence-electron chi connectivity index (χ1n) is 14.1. The summed E-state index contributed by atoms with van der Waals surface area (Å²) in [4.78, 5) is 42.8. The number of hydrogen-bond donors (Lipinski definition) is 1. The van der Waals surface area contributed by atoms with Crippen molar-refractivity contribution in [2.24, 2.45) is 17.6 Å². The van der Waals surface area contributed by atoms with Crippen LogP contribution in [0.2, 0.25) is 0 Å². The number of primary amides is 1. The predicted octanol–water partition coefficient (Wildman–Crippen LogP) is 3.70. The maximum atomic E-state index is 15.3. The number of carbonyl (C=O) groups excluding carboxylic acids is 3. The molecule has 5 atom stereocenters. The fraction of sp³-hybridized carbons (Fsp3) is 0.633. The number of carbonyl (C=O) groups is 3. The van der Waals surface area contributed by atoms with Crippen molar-refractivity contribution < 1.29 is 28.2 Å². The number of likely N-dealkylation sites (tertiary alicyclic amines) is 1. The topological polar surface area (TPSA) is 102 Å². The lowest BCUT2D eigenvalue weighted by Gasteiger charge is -2.37. The van der Waals surface area contributed by atoms with Crippen molar-refractivity contribution in [3.63, 3.8) is 0 Å². The van der Waals surface area contributed by atoms with Crippen molar-refractivity contribution in [3.8, 4) is 0 Å². The van der Waals surface area contributed by atoms with Gasteiger partial charge in [0.2, 0.25) is 5.91 Å². The maximum Gasteiger partial charge on any atom is 0.411 e. The summed E-state index contributed by atoms with van der Waals surface area (Å²) in [5.41, 5.74) is 7.29. The van der Waals surface area contributed by atoms with Crippen LogP contribution in [0.15, 0.2) is 24.3 Å². The maximum absolute atomic E-state index is 15.3. The number of benzene rings is 1. The third kappa shape index (κ3) is 6.04. The fourth-order valence-electron chi connectivity index (χ4n) is 6.70. The molecule has 3 aliphatic heterocycles. The molecule has 1 aliphatic carbocycles. The molecule has 1 unspecified atom stereocenters. The third-order valence-electron chi connectivity index (χ3n) is 8.60. The standard InChI is InChI=1S/C30H40FN3O5/c1-30(2,3)39-29(37)34-23-7-6-21(14-23)27(34)26(35)16-22(28(32)36)12-20-5-4-18(15-25(20)31)19-8-9-33-10-11-38-17-24(33)13-19/h4-5,13,15,21-24,27H,6-12,14,16-17H2,1-3H3,(H2,32,36)/t21-,22+,23+,24?,27-/m0/s1. The number of hydrogen-bond acceptors (Lipinski definition) is 6. The average molecular weight is 542 g/mol. The summed E-state index contributed by atoms with van der Waals surface area (Å²) in [5.74, 6) is -2.08. The van der Waals surface area contributed by atoms with Crippen LogP contribution in [-0.4, -0.2) is 77.6 Å². The minimum absolute atomic E-state index is 0.0304. The predicted molar refractivity (Wildman–Crippen MR) is 144 cm³/mol. The molecule has 3 heterocycles. The van der Waals surface area contributed by atoms with E-state index < -0.39 is 35.4 Å².